The van der Waals surface area contributed by atoms with Crippen molar-refractivity contribution in [3.05, 3.63) is 12.4 Å². The minimum atomic E-state index is -0.500. The normalized spacial score (nSPS) is 24.0. The Bertz CT molecular complexity index is 732. The molecule has 2 saturated heterocycles. The Morgan fingerprint density at radius 1 is 1.14 bits per heavy atom. The van der Waals surface area contributed by atoms with Gasteiger partial charge in [-0.3, -0.25) is 0 Å². The van der Waals surface area contributed by atoms with Crippen LogP contribution < -0.4 is 10.4 Å². The molecule has 8 nitrogen and oxygen atoms in total. The fraction of sp³-hybridized carbons (Fsp3) is 0.750. The zero-order valence-corrected chi connectivity index (χ0v) is 18.9. The van der Waals surface area contributed by atoms with Gasteiger partial charge in [-0.15, -0.1) is 0 Å². The molecular formula is C20H33BN4O4. The summed E-state index contributed by atoms with van der Waals surface area (Å²) >= 11 is 0. The van der Waals surface area contributed by atoms with Crippen LogP contribution in [0.25, 0.3) is 0 Å². The monoisotopic (exact) mass is 404 g/mol. The van der Waals surface area contributed by atoms with Gasteiger partial charge in [0.05, 0.1) is 11.2 Å². The van der Waals surface area contributed by atoms with Crippen LogP contribution in [-0.4, -0.2) is 70.6 Å². The Hall–Kier alpha value is -1.87. The van der Waals surface area contributed by atoms with E-state index in [0.717, 1.165) is 5.46 Å². The zero-order valence-electron chi connectivity index (χ0n) is 18.9. The number of carbonyl (C=O) groups is 1. The molecule has 0 aliphatic carbocycles. The first-order valence-corrected chi connectivity index (χ1v) is 10.2. The second-order valence-corrected chi connectivity index (χ2v) is 9.87. The summed E-state index contributed by atoms with van der Waals surface area (Å²) in [6.45, 7) is 17.6. The number of aromatic nitrogens is 2. The number of anilines is 1. The molecule has 160 valence electrons. The predicted molar refractivity (Wildman–Crippen MR) is 112 cm³/mol. The van der Waals surface area contributed by atoms with E-state index in [4.69, 9.17) is 14.0 Å². The van der Waals surface area contributed by atoms with Gasteiger partial charge in [0, 0.05) is 43.5 Å². The van der Waals surface area contributed by atoms with Crippen LogP contribution in [0.4, 0.5) is 10.7 Å². The lowest BCUT2D eigenvalue weighted by atomic mass is 9.81. The number of rotatable bonds is 2. The van der Waals surface area contributed by atoms with Crippen LogP contribution in [0.1, 0.15) is 55.4 Å². The highest BCUT2D eigenvalue weighted by molar-refractivity contribution is 6.61. The molecule has 0 saturated carbocycles. The molecular weight excluding hydrogens is 371 g/mol. The minimum absolute atomic E-state index is 0.00461. The lowest BCUT2D eigenvalue weighted by Gasteiger charge is -2.40. The molecule has 1 atom stereocenters. The molecule has 1 aromatic rings. The first-order chi connectivity index (χ1) is 13.3. The molecule has 0 bridgehead atoms. The summed E-state index contributed by atoms with van der Waals surface area (Å²) in [6, 6.07) is 0.00461. The number of hydrogen-bond donors (Lipinski definition) is 0. The van der Waals surface area contributed by atoms with Crippen molar-refractivity contribution in [1.29, 1.82) is 0 Å². The van der Waals surface area contributed by atoms with Gasteiger partial charge in [0.15, 0.2) is 0 Å². The highest BCUT2D eigenvalue weighted by Gasteiger charge is 2.52. The molecule has 1 amide bonds. The van der Waals surface area contributed by atoms with Crippen molar-refractivity contribution in [2.45, 2.75) is 78.2 Å². The van der Waals surface area contributed by atoms with Crippen LogP contribution in [0, 0.1) is 0 Å². The maximum Gasteiger partial charge on any atom is 0.498 e. The van der Waals surface area contributed by atoms with E-state index in [1.165, 1.54) is 0 Å². The van der Waals surface area contributed by atoms with Crippen LogP contribution in [0.2, 0.25) is 0 Å². The van der Waals surface area contributed by atoms with Crippen LogP contribution in [-0.2, 0) is 14.0 Å². The van der Waals surface area contributed by atoms with Gasteiger partial charge in [-0.1, -0.05) is 0 Å². The predicted octanol–water partition coefficient (Wildman–Crippen LogP) is 2.22. The van der Waals surface area contributed by atoms with Crippen LogP contribution in [0.5, 0.6) is 0 Å². The summed E-state index contributed by atoms with van der Waals surface area (Å²) in [7, 11) is -0.475. The Morgan fingerprint density at radius 3 is 2.17 bits per heavy atom. The van der Waals surface area contributed by atoms with Gasteiger partial charge in [-0.2, -0.15) is 0 Å². The Kier molecular flexibility index (Phi) is 5.60. The van der Waals surface area contributed by atoms with E-state index in [9.17, 15) is 4.79 Å². The van der Waals surface area contributed by atoms with Gasteiger partial charge in [0.1, 0.15) is 5.60 Å². The average molecular weight is 404 g/mol. The molecule has 3 heterocycles. The summed E-state index contributed by atoms with van der Waals surface area (Å²) in [5.41, 5.74) is -0.499. The largest absolute Gasteiger partial charge is 0.498 e. The van der Waals surface area contributed by atoms with Crippen molar-refractivity contribution in [3.8, 4) is 0 Å². The number of ether oxygens (including phenoxy) is 1. The third kappa shape index (κ3) is 4.66. The number of hydrogen-bond acceptors (Lipinski definition) is 7. The van der Waals surface area contributed by atoms with E-state index in [0.29, 0.717) is 25.6 Å². The fourth-order valence-corrected chi connectivity index (χ4v) is 3.33. The number of carbonyl (C=O) groups excluding carboxylic acids is 1. The van der Waals surface area contributed by atoms with Crippen LogP contribution >= 0.6 is 0 Å². The van der Waals surface area contributed by atoms with Crippen molar-refractivity contribution in [2.24, 2.45) is 0 Å². The molecule has 0 N–H and O–H groups in total. The fourth-order valence-electron chi connectivity index (χ4n) is 3.33. The molecule has 2 fully saturated rings. The van der Waals surface area contributed by atoms with Crippen molar-refractivity contribution >= 4 is 24.6 Å². The first kappa shape index (κ1) is 21.8. The smallest absolute Gasteiger partial charge is 0.444 e. The van der Waals surface area contributed by atoms with Gasteiger partial charge in [0.25, 0.3) is 0 Å². The van der Waals surface area contributed by atoms with E-state index >= 15 is 0 Å². The average Bonchev–Trinajstić information content (AvgIpc) is 2.81. The topological polar surface area (TPSA) is 77.0 Å². The molecule has 9 heteroatoms. The first-order valence-electron chi connectivity index (χ1n) is 10.2. The van der Waals surface area contributed by atoms with E-state index in [2.05, 4.69) is 14.9 Å². The Labute approximate surface area is 174 Å². The molecule has 1 aromatic heterocycles. The van der Waals surface area contributed by atoms with E-state index in [1.54, 1.807) is 17.3 Å². The lowest BCUT2D eigenvalue weighted by molar-refractivity contribution is 0.00578. The van der Waals surface area contributed by atoms with Crippen molar-refractivity contribution in [3.63, 3.8) is 0 Å². The second kappa shape index (κ2) is 7.43. The van der Waals surface area contributed by atoms with Crippen molar-refractivity contribution < 1.29 is 18.8 Å². The standard InChI is InChI=1S/C20H33BN4O4/c1-14-13-24(9-10-25(14)17(26)27-18(2,3)4)16-22-11-15(12-23-16)21-28-19(5,6)20(7,8)29-21/h11-12,14H,9-10,13H2,1-8H3/t14-/m0/s1. The highest BCUT2D eigenvalue weighted by atomic mass is 16.7. The maximum absolute atomic E-state index is 12.4. The second-order valence-electron chi connectivity index (χ2n) is 9.87. The molecule has 0 radical (unpaired) electrons. The van der Waals surface area contributed by atoms with E-state index in [-0.39, 0.29) is 12.1 Å². The molecule has 0 aromatic carbocycles. The van der Waals surface area contributed by atoms with Crippen molar-refractivity contribution in [2.75, 3.05) is 24.5 Å². The van der Waals surface area contributed by atoms with E-state index < -0.39 is 23.9 Å². The minimum Gasteiger partial charge on any atom is -0.444 e. The highest BCUT2D eigenvalue weighted by Crippen LogP contribution is 2.36. The Morgan fingerprint density at radius 2 is 1.69 bits per heavy atom. The maximum atomic E-state index is 12.4. The summed E-state index contributed by atoms with van der Waals surface area (Å²) < 4.78 is 17.6. The van der Waals surface area contributed by atoms with Gasteiger partial charge in [-0.25, -0.2) is 14.8 Å². The summed E-state index contributed by atoms with van der Waals surface area (Å²) in [4.78, 5) is 25.3. The zero-order chi connectivity index (χ0) is 21.6. The summed E-state index contributed by atoms with van der Waals surface area (Å²) in [5, 5.41) is 0. The third-order valence-electron chi connectivity index (χ3n) is 5.72. The quantitative estimate of drug-likeness (QED) is 0.700. The number of nitrogens with zero attached hydrogens (tertiary/aromatic N) is 4. The van der Waals surface area contributed by atoms with Crippen LogP contribution in [0.3, 0.4) is 0 Å². The van der Waals surface area contributed by atoms with Gasteiger partial charge < -0.3 is 23.8 Å². The SMILES string of the molecule is C[C@H]1CN(c2ncc(B3OC(C)(C)C(C)(C)O3)cn2)CCN1C(=O)OC(C)(C)C. The third-order valence-corrected chi connectivity index (χ3v) is 5.72. The van der Waals surface area contributed by atoms with Crippen LogP contribution in [0.15, 0.2) is 12.4 Å². The number of piperazine rings is 1. The van der Waals surface area contributed by atoms with Gasteiger partial charge >= 0.3 is 13.2 Å². The molecule has 0 spiro atoms. The van der Waals surface area contributed by atoms with E-state index in [1.807, 2.05) is 55.4 Å². The summed E-state index contributed by atoms with van der Waals surface area (Å²) in [5.74, 6) is 0.640. The van der Waals surface area contributed by atoms with Gasteiger partial charge in [-0.05, 0) is 55.4 Å². The molecule has 2 aliphatic rings. The van der Waals surface area contributed by atoms with Crippen molar-refractivity contribution in [1.82, 2.24) is 14.9 Å². The number of amides is 1. The Balaban J connectivity index is 1.63. The molecule has 3 rings (SSSR count). The molecule has 2 aliphatic heterocycles. The summed E-state index contributed by atoms with van der Waals surface area (Å²) in [6.07, 6.45) is 3.24. The molecule has 29 heavy (non-hydrogen) atoms. The molecule has 0 unspecified atom stereocenters. The van der Waals surface area contributed by atoms with Gasteiger partial charge in [0.2, 0.25) is 5.95 Å². The lowest BCUT2D eigenvalue weighted by Crippen LogP contribution is -2.55.